The third-order valence-corrected chi connectivity index (χ3v) is 4.48. The van der Waals surface area contributed by atoms with Crippen LogP contribution in [0.25, 0.3) is 5.65 Å². The molecule has 3 rings (SSSR count). The Morgan fingerprint density at radius 3 is 2.65 bits per heavy atom. The largest absolute Gasteiger partial charge is 0.411 e. The van der Waals surface area contributed by atoms with Gasteiger partial charge in [-0.15, -0.1) is 0 Å². The van der Waals surface area contributed by atoms with Crippen LogP contribution in [0, 0.1) is 13.8 Å². The fraction of sp³-hybridized carbons (Fsp3) is 0.118. The van der Waals surface area contributed by atoms with Gasteiger partial charge in [-0.3, -0.25) is 9.20 Å². The minimum atomic E-state index is -0.258. The van der Waals surface area contributed by atoms with Crippen molar-refractivity contribution in [3.8, 4) is 0 Å². The fourth-order valence-corrected chi connectivity index (χ4v) is 3.13. The molecule has 0 spiro atoms. The minimum Gasteiger partial charge on any atom is -0.411 e. The maximum absolute atomic E-state index is 12.6. The Labute approximate surface area is 137 Å². The quantitative estimate of drug-likeness (QED) is 0.347. The average molecular weight is 325 g/mol. The SMILES string of the molecule is Cc1ccc(Sc2nc3c(C)cccn3c(=O)c2C=NO)cc1. The molecule has 0 aliphatic carbocycles. The van der Waals surface area contributed by atoms with E-state index in [0.29, 0.717) is 10.7 Å². The van der Waals surface area contributed by atoms with Gasteiger partial charge in [0.2, 0.25) is 0 Å². The van der Waals surface area contributed by atoms with Crippen LogP contribution in [-0.2, 0) is 0 Å². The molecule has 0 unspecified atom stereocenters. The summed E-state index contributed by atoms with van der Waals surface area (Å²) in [6.45, 7) is 3.92. The standard InChI is InChI=1S/C17H15N3O2S/c1-11-5-7-13(8-6-11)23-16-14(10-18-22)17(21)20-9-3-4-12(2)15(20)19-16/h3-10,22H,1-2H3. The molecule has 0 radical (unpaired) electrons. The van der Waals surface area contributed by atoms with Crippen LogP contribution in [0.5, 0.6) is 0 Å². The predicted molar refractivity (Wildman–Crippen MR) is 90.9 cm³/mol. The number of aryl methyl sites for hydroxylation is 2. The van der Waals surface area contributed by atoms with Gasteiger partial charge in [0.1, 0.15) is 10.7 Å². The molecule has 23 heavy (non-hydrogen) atoms. The highest BCUT2D eigenvalue weighted by Gasteiger charge is 2.14. The number of rotatable bonds is 3. The first-order valence-electron chi connectivity index (χ1n) is 7.04. The summed E-state index contributed by atoms with van der Waals surface area (Å²) in [5.74, 6) is 0. The Hall–Kier alpha value is -2.60. The van der Waals surface area contributed by atoms with Crippen molar-refractivity contribution in [3.63, 3.8) is 0 Å². The lowest BCUT2D eigenvalue weighted by atomic mass is 10.2. The van der Waals surface area contributed by atoms with Crippen molar-refractivity contribution >= 4 is 23.6 Å². The van der Waals surface area contributed by atoms with E-state index in [0.717, 1.165) is 22.2 Å². The zero-order valence-corrected chi connectivity index (χ0v) is 13.5. The minimum absolute atomic E-state index is 0.258. The summed E-state index contributed by atoms with van der Waals surface area (Å²) in [6, 6.07) is 11.6. The van der Waals surface area contributed by atoms with E-state index in [1.54, 1.807) is 12.3 Å². The molecule has 1 aromatic carbocycles. The summed E-state index contributed by atoms with van der Waals surface area (Å²) in [6.07, 6.45) is 2.80. The highest BCUT2D eigenvalue weighted by Crippen LogP contribution is 2.28. The van der Waals surface area contributed by atoms with Crippen LogP contribution in [0.4, 0.5) is 0 Å². The van der Waals surface area contributed by atoms with Gasteiger partial charge in [-0.25, -0.2) is 4.98 Å². The van der Waals surface area contributed by atoms with E-state index < -0.39 is 0 Å². The Kier molecular flexibility index (Phi) is 4.16. The molecule has 0 aliphatic rings. The van der Waals surface area contributed by atoms with E-state index in [1.165, 1.54) is 16.2 Å². The normalized spacial score (nSPS) is 11.4. The highest BCUT2D eigenvalue weighted by molar-refractivity contribution is 7.99. The van der Waals surface area contributed by atoms with Crippen LogP contribution in [0.1, 0.15) is 16.7 Å². The second-order valence-electron chi connectivity index (χ2n) is 5.18. The topological polar surface area (TPSA) is 67.0 Å². The van der Waals surface area contributed by atoms with Crippen molar-refractivity contribution in [1.29, 1.82) is 0 Å². The van der Waals surface area contributed by atoms with Gasteiger partial charge in [-0.1, -0.05) is 40.7 Å². The van der Waals surface area contributed by atoms with Crippen molar-refractivity contribution < 1.29 is 5.21 Å². The van der Waals surface area contributed by atoms with Crippen LogP contribution in [0.3, 0.4) is 0 Å². The van der Waals surface area contributed by atoms with Crippen molar-refractivity contribution in [2.24, 2.45) is 5.16 Å². The number of hydrogen-bond acceptors (Lipinski definition) is 5. The van der Waals surface area contributed by atoms with E-state index in [-0.39, 0.29) is 11.1 Å². The molecule has 6 heteroatoms. The molecule has 116 valence electrons. The van der Waals surface area contributed by atoms with Crippen LogP contribution in [-0.4, -0.2) is 20.8 Å². The van der Waals surface area contributed by atoms with E-state index in [9.17, 15) is 4.79 Å². The molecular weight excluding hydrogens is 310 g/mol. The number of fused-ring (bicyclic) bond motifs is 1. The molecule has 0 saturated heterocycles. The second kappa shape index (κ2) is 6.26. The number of aromatic nitrogens is 2. The van der Waals surface area contributed by atoms with Gasteiger partial charge in [-0.2, -0.15) is 0 Å². The van der Waals surface area contributed by atoms with Crippen LogP contribution in [0.15, 0.2) is 62.5 Å². The first-order valence-corrected chi connectivity index (χ1v) is 7.86. The van der Waals surface area contributed by atoms with Gasteiger partial charge in [0.05, 0.1) is 11.8 Å². The van der Waals surface area contributed by atoms with Gasteiger partial charge >= 0.3 is 0 Å². The summed E-state index contributed by atoms with van der Waals surface area (Å²) >= 11 is 1.37. The molecule has 0 aliphatic heterocycles. The lowest BCUT2D eigenvalue weighted by Gasteiger charge is -2.09. The number of hydrogen-bond donors (Lipinski definition) is 1. The van der Waals surface area contributed by atoms with Crippen molar-refractivity contribution in [2.75, 3.05) is 0 Å². The Morgan fingerprint density at radius 2 is 1.96 bits per heavy atom. The summed E-state index contributed by atoms with van der Waals surface area (Å²) in [7, 11) is 0. The first-order chi connectivity index (χ1) is 11.1. The van der Waals surface area contributed by atoms with Gasteiger partial charge in [0.15, 0.2) is 0 Å². The number of pyridine rings is 1. The predicted octanol–water partition coefficient (Wildman–Crippen LogP) is 3.27. The van der Waals surface area contributed by atoms with E-state index in [1.807, 2.05) is 44.2 Å². The molecule has 3 aromatic rings. The van der Waals surface area contributed by atoms with E-state index >= 15 is 0 Å². The van der Waals surface area contributed by atoms with E-state index in [2.05, 4.69) is 10.1 Å². The zero-order valence-electron chi connectivity index (χ0n) is 12.7. The van der Waals surface area contributed by atoms with Crippen LogP contribution in [0.2, 0.25) is 0 Å². The van der Waals surface area contributed by atoms with Gasteiger partial charge in [-0.05, 0) is 37.6 Å². The first kappa shape index (κ1) is 15.3. The third kappa shape index (κ3) is 2.98. The summed E-state index contributed by atoms with van der Waals surface area (Å²) in [4.78, 5) is 18.2. The lowest BCUT2D eigenvalue weighted by Crippen LogP contribution is -2.21. The van der Waals surface area contributed by atoms with Crippen LogP contribution < -0.4 is 5.56 Å². The second-order valence-corrected chi connectivity index (χ2v) is 6.24. The molecule has 2 aromatic heterocycles. The van der Waals surface area contributed by atoms with E-state index in [4.69, 9.17) is 5.21 Å². The smallest absolute Gasteiger partial charge is 0.267 e. The third-order valence-electron chi connectivity index (χ3n) is 3.47. The maximum atomic E-state index is 12.6. The van der Waals surface area contributed by atoms with Crippen molar-refractivity contribution in [3.05, 3.63) is 69.6 Å². The van der Waals surface area contributed by atoms with Crippen LogP contribution >= 0.6 is 11.8 Å². The zero-order chi connectivity index (χ0) is 16.4. The molecule has 0 fully saturated rings. The van der Waals surface area contributed by atoms with Crippen molar-refractivity contribution in [1.82, 2.24) is 9.38 Å². The summed E-state index contributed by atoms with van der Waals surface area (Å²) in [5.41, 5.74) is 2.67. The molecule has 0 amide bonds. The molecule has 5 nitrogen and oxygen atoms in total. The number of nitrogens with zero attached hydrogens (tertiary/aromatic N) is 3. The highest BCUT2D eigenvalue weighted by atomic mass is 32.2. The Balaban J connectivity index is 2.21. The molecule has 0 atom stereocenters. The lowest BCUT2D eigenvalue weighted by molar-refractivity contribution is 0.321. The molecule has 0 saturated carbocycles. The molecule has 1 N–H and O–H groups in total. The Morgan fingerprint density at radius 1 is 1.22 bits per heavy atom. The number of benzene rings is 1. The Bertz CT molecular complexity index is 946. The summed E-state index contributed by atoms with van der Waals surface area (Å²) < 4.78 is 1.46. The van der Waals surface area contributed by atoms with Gasteiger partial charge in [0, 0.05) is 11.1 Å². The van der Waals surface area contributed by atoms with Crippen molar-refractivity contribution in [2.45, 2.75) is 23.8 Å². The monoisotopic (exact) mass is 325 g/mol. The molecule has 0 bridgehead atoms. The fourth-order valence-electron chi connectivity index (χ4n) is 2.26. The summed E-state index contributed by atoms with van der Waals surface area (Å²) in [5, 5.41) is 12.4. The average Bonchev–Trinajstić information content (AvgIpc) is 2.54. The molecule has 2 heterocycles. The maximum Gasteiger partial charge on any atom is 0.267 e. The van der Waals surface area contributed by atoms with Gasteiger partial charge < -0.3 is 5.21 Å². The van der Waals surface area contributed by atoms with Gasteiger partial charge in [0.25, 0.3) is 5.56 Å². The molecular formula is C17H15N3O2S. The number of oxime groups is 1.